The molecule has 1 aliphatic heterocycles. The van der Waals surface area contributed by atoms with Crippen LogP contribution in [0.15, 0.2) is 30.5 Å². The fourth-order valence-electron chi connectivity index (χ4n) is 4.98. The molecule has 1 N–H and O–H groups in total. The van der Waals surface area contributed by atoms with Crippen LogP contribution in [0.25, 0.3) is 0 Å². The Labute approximate surface area is 200 Å². The highest BCUT2D eigenvalue weighted by molar-refractivity contribution is 5.89. The third kappa shape index (κ3) is 5.63. The average molecular weight is 475 g/mol. The lowest BCUT2D eigenvalue weighted by atomic mass is 9.78. The van der Waals surface area contributed by atoms with Gasteiger partial charge in [-0.2, -0.15) is 5.10 Å². The summed E-state index contributed by atoms with van der Waals surface area (Å²) in [5, 5.41) is 19.8. The highest BCUT2D eigenvalue weighted by Crippen LogP contribution is 2.40. The van der Waals surface area contributed by atoms with Gasteiger partial charge in [-0.15, -0.1) is 27.7 Å². The second-order valence-corrected chi connectivity index (χ2v) is 9.18. The fraction of sp³-hybridized carbons (Fsp3) is 0.609. The highest BCUT2D eigenvalue weighted by atomic mass is 35.5. The maximum Gasteiger partial charge on any atom is 0.416 e. The van der Waals surface area contributed by atoms with Crippen molar-refractivity contribution < 1.29 is 14.3 Å². The van der Waals surface area contributed by atoms with Crippen molar-refractivity contribution in [3.8, 4) is 5.88 Å². The number of halogens is 1. The van der Waals surface area contributed by atoms with Gasteiger partial charge in [0.05, 0.1) is 6.54 Å². The number of carbonyl (C=O) groups is 1. The Morgan fingerprint density at radius 2 is 1.88 bits per heavy atom. The quantitative estimate of drug-likeness (QED) is 0.657. The number of rotatable bonds is 6. The van der Waals surface area contributed by atoms with Crippen LogP contribution in [0, 0.1) is 5.92 Å². The van der Waals surface area contributed by atoms with Crippen LogP contribution in [0.1, 0.15) is 57.8 Å². The molecule has 3 fully saturated rings. The minimum absolute atomic E-state index is 0. The normalized spacial score (nSPS) is 25.4. The third-order valence-electron chi connectivity index (χ3n) is 6.87. The van der Waals surface area contributed by atoms with Gasteiger partial charge >= 0.3 is 6.09 Å². The molecular weight excluding hydrogens is 444 g/mol. The van der Waals surface area contributed by atoms with E-state index in [1.54, 1.807) is 23.2 Å². The Morgan fingerprint density at radius 1 is 1.06 bits per heavy atom. The summed E-state index contributed by atoms with van der Waals surface area (Å²) in [5.74, 6) is 2.43. The Balaban J connectivity index is 0.00000259. The van der Waals surface area contributed by atoms with Crippen molar-refractivity contribution in [2.45, 2.75) is 69.5 Å². The molecule has 0 aromatic carbocycles. The van der Waals surface area contributed by atoms with Crippen molar-refractivity contribution in [3.63, 3.8) is 0 Å². The third-order valence-corrected chi connectivity index (χ3v) is 6.87. The van der Waals surface area contributed by atoms with E-state index in [1.807, 2.05) is 12.1 Å². The van der Waals surface area contributed by atoms with E-state index in [-0.39, 0.29) is 24.6 Å². The molecule has 2 aromatic heterocycles. The lowest BCUT2D eigenvalue weighted by Gasteiger charge is -2.35. The van der Waals surface area contributed by atoms with Crippen LogP contribution in [-0.2, 0) is 4.74 Å². The molecule has 5 rings (SSSR count). The van der Waals surface area contributed by atoms with E-state index >= 15 is 0 Å². The number of ether oxygens (including phenoxy) is 2. The summed E-state index contributed by atoms with van der Waals surface area (Å²) in [6.07, 6.45) is 11.2. The van der Waals surface area contributed by atoms with Crippen molar-refractivity contribution in [3.05, 3.63) is 30.5 Å². The summed E-state index contributed by atoms with van der Waals surface area (Å²) >= 11 is 0. The number of hydrogen-bond donors (Lipinski definition) is 1. The molecule has 33 heavy (non-hydrogen) atoms. The van der Waals surface area contributed by atoms with E-state index in [1.165, 1.54) is 19.3 Å². The highest BCUT2D eigenvalue weighted by Gasteiger charge is 2.48. The molecule has 178 valence electrons. The van der Waals surface area contributed by atoms with Crippen LogP contribution in [-0.4, -0.2) is 51.3 Å². The first-order valence-corrected chi connectivity index (χ1v) is 11.7. The number of hydrogen-bond acceptors (Lipinski definition) is 8. The van der Waals surface area contributed by atoms with E-state index in [2.05, 4.69) is 25.7 Å². The Kier molecular flexibility index (Phi) is 7.47. The van der Waals surface area contributed by atoms with Crippen LogP contribution >= 0.6 is 12.4 Å². The summed E-state index contributed by atoms with van der Waals surface area (Å²) in [5.41, 5.74) is -0.414. The maximum atomic E-state index is 12.4. The summed E-state index contributed by atoms with van der Waals surface area (Å²) in [7, 11) is 0. The van der Waals surface area contributed by atoms with Crippen LogP contribution in [0.3, 0.4) is 0 Å². The van der Waals surface area contributed by atoms with Crippen LogP contribution in [0.4, 0.5) is 16.4 Å². The van der Waals surface area contributed by atoms with Gasteiger partial charge in [0, 0.05) is 18.8 Å². The predicted octanol–water partition coefficient (Wildman–Crippen LogP) is 4.40. The van der Waals surface area contributed by atoms with Gasteiger partial charge in [-0.05, 0) is 75.5 Å². The second kappa shape index (κ2) is 10.5. The molecule has 1 amide bonds. The first-order chi connectivity index (χ1) is 15.7. The zero-order valence-corrected chi connectivity index (χ0v) is 19.5. The maximum absolute atomic E-state index is 12.4. The number of aromatic nitrogens is 4. The van der Waals surface area contributed by atoms with Gasteiger partial charge in [0.2, 0.25) is 5.88 Å². The standard InChI is InChI=1S/C23H30N6O3.ClH/c30-22-29(20-7-4-14-25-27-20)16-23(32-22)12-10-17(11-13-23)15-24-19-8-9-21(28-26-19)31-18-5-2-1-3-6-18;/h4,7-9,14,17-18H,1-3,5-6,10-13,15-16H2,(H,24,26);1H. The number of anilines is 2. The van der Waals surface area contributed by atoms with Crippen molar-refractivity contribution in [1.82, 2.24) is 20.4 Å². The van der Waals surface area contributed by atoms with Gasteiger partial charge in [-0.1, -0.05) is 6.42 Å². The second-order valence-electron chi connectivity index (χ2n) is 9.18. The zero-order valence-electron chi connectivity index (χ0n) is 18.7. The molecule has 9 nitrogen and oxygen atoms in total. The molecule has 0 atom stereocenters. The fourth-order valence-corrected chi connectivity index (χ4v) is 4.98. The van der Waals surface area contributed by atoms with Gasteiger partial charge in [0.25, 0.3) is 0 Å². The number of carbonyl (C=O) groups excluding carboxylic acids is 1. The van der Waals surface area contributed by atoms with Gasteiger partial charge < -0.3 is 14.8 Å². The monoisotopic (exact) mass is 474 g/mol. The number of amides is 1. The molecule has 1 saturated heterocycles. The smallest absolute Gasteiger partial charge is 0.416 e. The molecule has 3 aliphatic rings. The predicted molar refractivity (Wildman–Crippen MR) is 126 cm³/mol. The molecule has 2 saturated carbocycles. The lowest BCUT2D eigenvalue weighted by Crippen LogP contribution is -2.39. The first kappa shape index (κ1) is 23.5. The van der Waals surface area contributed by atoms with Crippen LogP contribution in [0.2, 0.25) is 0 Å². The number of nitrogens with zero attached hydrogens (tertiary/aromatic N) is 5. The molecular formula is C23H31ClN6O3. The van der Waals surface area contributed by atoms with E-state index in [4.69, 9.17) is 9.47 Å². The van der Waals surface area contributed by atoms with Crippen LogP contribution < -0.4 is 15.0 Å². The van der Waals surface area contributed by atoms with Gasteiger partial charge in [-0.25, -0.2) is 4.79 Å². The van der Waals surface area contributed by atoms with E-state index < -0.39 is 5.60 Å². The average Bonchev–Trinajstić information content (AvgIpc) is 3.16. The van der Waals surface area contributed by atoms with Crippen molar-refractivity contribution in [2.75, 3.05) is 23.3 Å². The summed E-state index contributed by atoms with van der Waals surface area (Å²) in [4.78, 5) is 14.0. The Bertz CT molecular complexity index is 902. The van der Waals surface area contributed by atoms with Gasteiger partial charge in [0.1, 0.15) is 17.5 Å². The molecule has 0 unspecified atom stereocenters. The Hall–Kier alpha value is -2.68. The summed E-state index contributed by atoms with van der Waals surface area (Å²) in [6.45, 7) is 1.37. The van der Waals surface area contributed by atoms with E-state index in [0.717, 1.165) is 50.9 Å². The van der Waals surface area contributed by atoms with E-state index in [0.29, 0.717) is 24.2 Å². The molecule has 1 spiro atoms. The molecule has 2 aromatic rings. The molecule has 2 aliphatic carbocycles. The summed E-state index contributed by atoms with van der Waals surface area (Å²) in [6, 6.07) is 7.40. The SMILES string of the molecule is Cl.O=C1OC2(CCC(CNc3ccc(OC4CCCCC4)nn3)CC2)CN1c1cccnn1. The minimum atomic E-state index is -0.414. The minimum Gasteiger partial charge on any atom is -0.473 e. The molecule has 0 bridgehead atoms. The first-order valence-electron chi connectivity index (χ1n) is 11.7. The zero-order chi connectivity index (χ0) is 21.8. The summed E-state index contributed by atoms with van der Waals surface area (Å²) < 4.78 is 11.8. The number of nitrogens with one attached hydrogen (secondary N) is 1. The van der Waals surface area contributed by atoms with Crippen LogP contribution in [0.5, 0.6) is 5.88 Å². The Morgan fingerprint density at radius 3 is 2.58 bits per heavy atom. The largest absolute Gasteiger partial charge is 0.473 e. The van der Waals surface area contributed by atoms with Crippen molar-refractivity contribution in [2.24, 2.45) is 5.92 Å². The van der Waals surface area contributed by atoms with Gasteiger partial charge in [0.15, 0.2) is 5.82 Å². The molecule has 10 heteroatoms. The molecule has 0 radical (unpaired) electrons. The topological polar surface area (TPSA) is 102 Å². The molecule has 3 heterocycles. The van der Waals surface area contributed by atoms with Crippen molar-refractivity contribution in [1.29, 1.82) is 0 Å². The van der Waals surface area contributed by atoms with E-state index in [9.17, 15) is 4.79 Å². The van der Waals surface area contributed by atoms with Crippen molar-refractivity contribution >= 4 is 30.1 Å². The van der Waals surface area contributed by atoms with Gasteiger partial charge in [-0.3, -0.25) is 4.90 Å². The lowest BCUT2D eigenvalue weighted by molar-refractivity contribution is 0.0148.